The number of nitrogens with two attached hydrogens (primary N) is 1. The summed E-state index contributed by atoms with van der Waals surface area (Å²) in [4.78, 5) is 2.45. The summed E-state index contributed by atoms with van der Waals surface area (Å²) in [5.41, 5.74) is 8.23. The zero-order chi connectivity index (χ0) is 12.7. The van der Waals surface area contributed by atoms with Gasteiger partial charge in [0.2, 0.25) is 0 Å². The van der Waals surface area contributed by atoms with Gasteiger partial charge in [0.05, 0.1) is 0 Å². The van der Waals surface area contributed by atoms with Crippen molar-refractivity contribution in [2.75, 3.05) is 24.5 Å². The Morgan fingerprint density at radius 3 is 2.71 bits per heavy atom. The molecule has 0 aliphatic carbocycles. The molecule has 2 heteroatoms. The van der Waals surface area contributed by atoms with Crippen LogP contribution in [0.5, 0.6) is 0 Å². The molecule has 0 aliphatic rings. The van der Waals surface area contributed by atoms with E-state index in [0.717, 1.165) is 26.1 Å². The van der Waals surface area contributed by atoms with E-state index in [9.17, 15) is 0 Å². The summed E-state index contributed by atoms with van der Waals surface area (Å²) in [5.74, 6) is 0.707. The van der Waals surface area contributed by atoms with E-state index < -0.39 is 0 Å². The normalized spacial score (nSPS) is 12.5. The van der Waals surface area contributed by atoms with Crippen molar-refractivity contribution in [2.45, 2.75) is 33.6 Å². The fourth-order valence-electron chi connectivity index (χ4n) is 2.18. The van der Waals surface area contributed by atoms with E-state index in [-0.39, 0.29) is 0 Å². The van der Waals surface area contributed by atoms with Crippen molar-refractivity contribution in [3.63, 3.8) is 0 Å². The first kappa shape index (κ1) is 14.0. The molecule has 0 bridgehead atoms. The molecule has 0 radical (unpaired) electrons. The average Bonchev–Trinajstić information content (AvgIpc) is 2.33. The lowest BCUT2D eigenvalue weighted by Crippen LogP contribution is -2.28. The molecule has 1 rings (SSSR count). The van der Waals surface area contributed by atoms with E-state index in [1.54, 1.807) is 0 Å². The second kappa shape index (κ2) is 7.33. The van der Waals surface area contributed by atoms with Crippen LogP contribution in [0.1, 0.15) is 32.3 Å². The third-order valence-electron chi connectivity index (χ3n) is 3.18. The second-order valence-corrected chi connectivity index (χ2v) is 4.91. The molecule has 1 atom stereocenters. The largest absolute Gasteiger partial charge is 0.372 e. The summed E-state index contributed by atoms with van der Waals surface area (Å²) >= 11 is 0. The van der Waals surface area contributed by atoms with Gasteiger partial charge in [-0.2, -0.15) is 0 Å². The molecule has 1 aromatic rings. The van der Waals surface area contributed by atoms with E-state index in [1.807, 2.05) is 0 Å². The second-order valence-electron chi connectivity index (χ2n) is 4.91. The van der Waals surface area contributed by atoms with Crippen LogP contribution in [0.2, 0.25) is 0 Å². The fourth-order valence-corrected chi connectivity index (χ4v) is 2.18. The van der Waals surface area contributed by atoms with Crippen LogP contribution < -0.4 is 10.6 Å². The van der Waals surface area contributed by atoms with E-state index in [0.29, 0.717) is 5.92 Å². The average molecular weight is 234 g/mol. The minimum absolute atomic E-state index is 0.707. The Bertz CT molecular complexity index is 322. The number of hydrogen-bond acceptors (Lipinski definition) is 2. The predicted molar refractivity (Wildman–Crippen MR) is 76.5 cm³/mol. The molecule has 0 fully saturated rings. The Morgan fingerprint density at radius 1 is 1.35 bits per heavy atom. The highest BCUT2D eigenvalue weighted by atomic mass is 15.1. The maximum atomic E-state index is 5.56. The van der Waals surface area contributed by atoms with Crippen molar-refractivity contribution in [3.05, 3.63) is 29.8 Å². The van der Waals surface area contributed by atoms with Crippen LogP contribution in [0.4, 0.5) is 5.69 Å². The summed E-state index contributed by atoms with van der Waals surface area (Å²) in [6.07, 6.45) is 2.35. The highest BCUT2D eigenvalue weighted by Gasteiger charge is 2.09. The van der Waals surface area contributed by atoms with Gasteiger partial charge in [-0.15, -0.1) is 0 Å². The summed E-state index contributed by atoms with van der Waals surface area (Å²) in [6, 6.07) is 8.75. The van der Waals surface area contributed by atoms with E-state index in [2.05, 4.69) is 49.9 Å². The Balaban J connectivity index is 2.59. The van der Waals surface area contributed by atoms with Crippen LogP contribution in [-0.4, -0.2) is 19.6 Å². The summed E-state index contributed by atoms with van der Waals surface area (Å²) in [7, 11) is 0. The zero-order valence-electron chi connectivity index (χ0n) is 11.4. The van der Waals surface area contributed by atoms with Crippen LogP contribution in [0, 0.1) is 12.8 Å². The predicted octanol–water partition coefficient (Wildman–Crippen LogP) is 3.20. The van der Waals surface area contributed by atoms with Gasteiger partial charge in [-0.1, -0.05) is 19.1 Å². The van der Waals surface area contributed by atoms with Gasteiger partial charge in [-0.25, -0.2) is 0 Å². The number of benzene rings is 1. The first-order chi connectivity index (χ1) is 8.17. The van der Waals surface area contributed by atoms with E-state index >= 15 is 0 Å². The fraction of sp³-hybridized carbons (Fsp3) is 0.600. The molecule has 0 aliphatic heterocycles. The zero-order valence-corrected chi connectivity index (χ0v) is 11.4. The lowest BCUT2D eigenvalue weighted by Gasteiger charge is -2.27. The Hall–Kier alpha value is -1.02. The Labute approximate surface area is 106 Å². The smallest absolute Gasteiger partial charge is 0.0368 e. The van der Waals surface area contributed by atoms with Gasteiger partial charge in [0.25, 0.3) is 0 Å². The van der Waals surface area contributed by atoms with Gasteiger partial charge >= 0.3 is 0 Å². The molecule has 1 unspecified atom stereocenters. The number of hydrogen-bond donors (Lipinski definition) is 1. The van der Waals surface area contributed by atoms with Crippen LogP contribution in [-0.2, 0) is 0 Å². The first-order valence-corrected chi connectivity index (χ1v) is 6.69. The summed E-state index contributed by atoms with van der Waals surface area (Å²) in [6.45, 7) is 9.68. The van der Waals surface area contributed by atoms with Crippen LogP contribution in [0.15, 0.2) is 24.3 Å². The lowest BCUT2D eigenvalue weighted by molar-refractivity contribution is 0.506. The van der Waals surface area contributed by atoms with Gasteiger partial charge in [-0.05, 0) is 56.8 Å². The molecule has 0 saturated heterocycles. The molecular weight excluding hydrogens is 208 g/mol. The van der Waals surface area contributed by atoms with Crippen LogP contribution in [0.3, 0.4) is 0 Å². The molecule has 0 amide bonds. The van der Waals surface area contributed by atoms with E-state index in [1.165, 1.54) is 17.7 Å². The minimum Gasteiger partial charge on any atom is -0.372 e. The summed E-state index contributed by atoms with van der Waals surface area (Å²) < 4.78 is 0. The third-order valence-corrected chi connectivity index (χ3v) is 3.18. The maximum absolute atomic E-state index is 5.56. The molecule has 0 spiro atoms. The monoisotopic (exact) mass is 234 g/mol. The standard InChI is InChI=1S/C15H26N2/c1-4-17(12-14(3)8-6-10-16)15-9-5-7-13(2)11-15/h5,7,9,11,14H,4,6,8,10,12,16H2,1-3H3. The van der Waals surface area contributed by atoms with Gasteiger partial charge < -0.3 is 10.6 Å². The molecule has 2 N–H and O–H groups in total. The van der Waals surface area contributed by atoms with E-state index in [4.69, 9.17) is 5.73 Å². The molecule has 0 saturated carbocycles. The van der Waals surface area contributed by atoms with Gasteiger partial charge in [0.1, 0.15) is 0 Å². The topological polar surface area (TPSA) is 29.3 Å². The molecule has 0 heterocycles. The van der Waals surface area contributed by atoms with Gasteiger partial charge in [0.15, 0.2) is 0 Å². The highest BCUT2D eigenvalue weighted by Crippen LogP contribution is 2.18. The van der Waals surface area contributed by atoms with Crippen molar-refractivity contribution in [2.24, 2.45) is 11.7 Å². The quantitative estimate of drug-likeness (QED) is 0.785. The highest BCUT2D eigenvalue weighted by molar-refractivity contribution is 5.48. The minimum atomic E-state index is 0.707. The number of rotatable bonds is 7. The van der Waals surface area contributed by atoms with Crippen molar-refractivity contribution in [1.29, 1.82) is 0 Å². The van der Waals surface area contributed by atoms with Crippen molar-refractivity contribution >= 4 is 5.69 Å². The first-order valence-electron chi connectivity index (χ1n) is 6.69. The third kappa shape index (κ3) is 4.78. The molecular formula is C15H26N2. The van der Waals surface area contributed by atoms with Crippen molar-refractivity contribution in [1.82, 2.24) is 0 Å². The molecule has 1 aromatic carbocycles. The SMILES string of the molecule is CCN(CC(C)CCCN)c1cccc(C)c1. The van der Waals surface area contributed by atoms with Crippen molar-refractivity contribution < 1.29 is 0 Å². The molecule has 0 aromatic heterocycles. The van der Waals surface area contributed by atoms with Crippen LogP contribution >= 0.6 is 0 Å². The van der Waals surface area contributed by atoms with Crippen LogP contribution in [0.25, 0.3) is 0 Å². The molecule has 17 heavy (non-hydrogen) atoms. The summed E-state index contributed by atoms with van der Waals surface area (Å²) in [5, 5.41) is 0. The lowest BCUT2D eigenvalue weighted by atomic mass is 10.0. The van der Waals surface area contributed by atoms with Gasteiger partial charge in [0, 0.05) is 18.8 Å². The maximum Gasteiger partial charge on any atom is 0.0368 e. The van der Waals surface area contributed by atoms with Crippen molar-refractivity contribution in [3.8, 4) is 0 Å². The number of nitrogens with zero attached hydrogens (tertiary/aromatic N) is 1. The number of aryl methyl sites for hydroxylation is 1. The number of anilines is 1. The molecule has 2 nitrogen and oxygen atoms in total. The molecule has 96 valence electrons. The Kier molecular flexibility index (Phi) is 6.06. The Morgan fingerprint density at radius 2 is 2.12 bits per heavy atom. The van der Waals surface area contributed by atoms with Gasteiger partial charge in [-0.3, -0.25) is 0 Å².